The highest BCUT2D eigenvalue weighted by molar-refractivity contribution is 9.10. The molecule has 0 bridgehead atoms. The van der Waals surface area contributed by atoms with E-state index in [1.807, 2.05) is 32.0 Å². The molecule has 1 aliphatic rings. The maximum absolute atomic E-state index is 12.4. The smallest absolute Gasteiger partial charge is 0.359 e. The lowest BCUT2D eigenvalue weighted by molar-refractivity contribution is 0.0500. The molecule has 0 spiro atoms. The molecule has 5 nitrogen and oxygen atoms in total. The van der Waals surface area contributed by atoms with E-state index in [0.29, 0.717) is 27.1 Å². The number of rotatable bonds is 3. The number of aromatic amines is 1. The highest BCUT2D eigenvalue weighted by Gasteiger charge is 2.41. The first-order valence-electron chi connectivity index (χ1n) is 8.97. The number of H-pyrrole nitrogens is 1. The van der Waals surface area contributed by atoms with Gasteiger partial charge in [-0.3, -0.25) is 5.10 Å². The first-order valence-corrected chi connectivity index (χ1v) is 10.5. The van der Waals surface area contributed by atoms with Gasteiger partial charge in [-0.2, -0.15) is 5.10 Å². The first kappa shape index (κ1) is 20.3. The van der Waals surface area contributed by atoms with E-state index in [1.165, 1.54) is 0 Å². The summed E-state index contributed by atoms with van der Waals surface area (Å²) in [5.74, 6) is 0.162. The van der Waals surface area contributed by atoms with Gasteiger partial charge in [-0.05, 0) is 45.0 Å². The van der Waals surface area contributed by atoms with Crippen LogP contribution in [-0.2, 0) is 10.3 Å². The zero-order valence-corrected chi connectivity index (χ0v) is 19.0. The van der Waals surface area contributed by atoms with Crippen LogP contribution in [0.3, 0.4) is 0 Å². The molecule has 0 fully saturated rings. The molecular formula is C21H17BrCl2N2O3. The number of benzene rings is 2. The minimum absolute atomic E-state index is 0.226. The molecule has 0 aliphatic carbocycles. The van der Waals surface area contributed by atoms with Crippen molar-refractivity contribution in [3.8, 4) is 28.1 Å². The molecule has 1 aliphatic heterocycles. The molecule has 0 amide bonds. The van der Waals surface area contributed by atoms with Crippen LogP contribution < -0.4 is 4.74 Å². The summed E-state index contributed by atoms with van der Waals surface area (Å²) in [5.41, 5.74) is 3.15. The number of nitrogens with one attached hydrogen (secondary N) is 1. The predicted octanol–water partition coefficient (Wildman–Crippen LogP) is 6.62. The van der Waals surface area contributed by atoms with Crippen LogP contribution in [0.4, 0.5) is 0 Å². The van der Waals surface area contributed by atoms with Gasteiger partial charge in [0.1, 0.15) is 11.4 Å². The van der Waals surface area contributed by atoms with Crippen molar-refractivity contribution in [1.82, 2.24) is 10.2 Å². The van der Waals surface area contributed by atoms with Crippen LogP contribution in [0.5, 0.6) is 5.75 Å². The predicted molar refractivity (Wildman–Crippen MR) is 117 cm³/mol. The average molecular weight is 496 g/mol. The molecule has 0 radical (unpaired) electrons. The summed E-state index contributed by atoms with van der Waals surface area (Å²) in [6.07, 6.45) is 0. The molecule has 0 saturated heterocycles. The Morgan fingerprint density at radius 3 is 2.62 bits per heavy atom. The quantitative estimate of drug-likeness (QED) is 0.415. The highest BCUT2D eigenvalue weighted by atomic mass is 79.9. The maximum Gasteiger partial charge on any atom is 0.359 e. The molecule has 2 heterocycles. The number of carbonyl (C=O) groups is 1. The van der Waals surface area contributed by atoms with Crippen molar-refractivity contribution in [2.24, 2.45) is 0 Å². The molecule has 29 heavy (non-hydrogen) atoms. The third kappa shape index (κ3) is 3.43. The van der Waals surface area contributed by atoms with Gasteiger partial charge in [0.05, 0.1) is 22.9 Å². The van der Waals surface area contributed by atoms with Crippen molar-refractivity contribution < 1.29 is 14.3 Å². The van der Waals surface area contributed by atoms with Crippen molar-refractivity contribution >= 4 is 45.1 Å². The fourth-order valence-corrected chi connectivity index (χ4v) is 4.54. The second-order valence-electron chi connectivity index (χ2n) is 7.11. The van der Waals surface area contributed by atoms with E-state index in [9.17, 15) is 4.79 Å². The molecule has 1 N–H and O–H groups in total. The molecular weight excluding hydrogens is 479 g/mol. The van der Waals surface area contributed by atoms with Crippen LogP contribution in [0, 0.1) is 0 Å². The van der Waals surface area contributed by atoms with Crippen molar-refractivity contribution in [2.75, 3.05) is 6.61 Å². The number of halogens is 3. The van der Waals surface area contributed by atoms with Gasteiger partial charge in [0.25, 0.3) is 0 Å². The average Bonchev–Trinajstić information content (AvgIpc) is 3.09. The van der Waals surface area contributed by atoms with Gasteiger partial charge >= 0.3 is 5.97 Å². The minimum atomic E-state index is -0.821. The number of nitrogens with zero attached hydrogens (tertiary/aromatic N) is 1. The van der Waals surface area contributed by atoms with E-state index in [0.717, 1.165) is 21.2 Å². The van der Waals surface area contributed by atoms with Crippen molar-refractivity contribution in [1.29, 1.82) is 0 Å². The highest BCUT2D eigenvalue weighted by Crippen LogP contribution is 2.51. The topological polar surface area (TPSA) is 64.2 Å². The zero-order chi connectivity index (χ0) is 20.9. The normalized spacial score (nSPS) is 14.0. The van der Waals surface area contributed by atoms with Gasteiger partial charge in [0.2, 0.25) is 0 Å². The molecule has 150 valence electrons. The van der Waals surface area contributed by atoms with Crippen LogP contribution in [0.2, 0.25) is 10.0 Å². The number of esters is 1. The van der Waals surface area contributed by atoms with Crippen LogP contribution in [0.15, 0.2) is 34.8 Å². The zero-order valence-electron chi connectivity index (χ0n) is 15.9. The first-order chi connectivity index (χ1) is 13.7. The standard InChI is InChI=1S/C21H17BrCl2N2O3/c1-4-28-20(27)18-16-17(25-26-18)14-8-10(22)7-13(19(14)29-21(16,2)3)12-6-5-11(23)9-15(12)24/h5-9H,4H2,1-3H3,(H,25,26). The number of aromatic nitrogens is 2. The van der Waals surface area contributed by atoms with Gasteiger partial charge in [0, 0.05) is 26.2 Å². The number of fused-ring (bicyclic) bond motifs is 3. The number of hydrogen-bond donors (Lipinski definition) is 1. The van der Waals surface area contributed by atoms with Crippen molar-refractivity contribution in [3.05, 3.63) is 56.1 Å². The Morgan fingerprint density at radius 2 is 1.93 bits per heavy atom. The van der Waals surface area contributed by atoms with E-state index >= 15 is 0 Å². The summed E-state index contributed by atoms with van der Waals surface area (Å²) < 4.78 is 12.4. The second-order valence-corrected chi connectivity index (χ2v) is 8.87. The Bertz CT molecular complexity index is 1140. The van der Waals surface area contributed by atoms with E-state index in [1.54, 1.807) is 19.1 Å². The van der Waals surface area contributed by atoms with Gasteiger partial charge < -0.3 is 9.47 Å². The Balaban J connectivity index is 1.97. The van der Waals surface area contributed by atoms with Gasteiger partial charge in [-0.1, -0.05) is 45.2 Å². The fraction of sp³-hybridized carbons (Fsp3) is 0.238. The molecule has 0 atom stereocenters. The van der Waals surface area contributed by atoms with Crippen LogP contribution >= 0.6 is 39.1 Å². The summed E-state index contributed by atoms with van der Waals surface area (Å²) in [5, 5.41) is 8.30. The van der Waals surface area contributed by atoms with E-state index in [2.05, 4.69) is 26.1 Å². The molecule has 0 saturated carbocycles. The minimum Gasteiger partial charge on any atom is -0.482 e. The Morgan fingerprint density at radius 1 is 1.21 bits per heavy atom. The maximum atomic E-state index is 12.4. The largest absolute Gasteiger partial charge is 0.482 e. The van der Waals surface area contributed by atoms with Gasteiger partial charge in [-0.15, -0.1) is 0 Å². The van der Waals surface area contributed by atoms with E-state index in [4.69, 9.17) is 32.7 Å². The summed E-state index contributed by atoms with van der Waals surface area (Å²) in [4.78, 5) is 12.4. The van der Waals surface area contributed by atoms with Crippen molar-refractivity contribution in [3.63, 3.8) is 0 Å². The summed E-state index contributed by atoms with van der Waals surface area (Å²) >= 11 is 16.1. The molecule has 1 aromatic heterocycles. The summed E-state index contributed by atoms with van der Waals surface area (Å²) in [6.45, 7) is 5.81. The van der Waals surface area contributed by atoms with Gasteiger partial charge in [0.15, 0.2) is 5.69 Å². The molecule has 4 rings (SSSR count). The number of hydrogen-bond acceptors (Lipinski definition) is 4. The van der Waals surface area contributed by atoms with E-state index < -0.39 is 11.6 Å². The number of carbonyl (C=O) groups excluding carboxylic acids is 1. The molecule has 0 unspecified atom stereocenters. The molecule has 3 aromatic rings. The number of ether oxygens (including phenoxy) is 2. The van der Waals surface area contributed by atoms with Crippen LogP contribution in [0.25, 0.3) is 22.4 Å². The monoisotopic (exact) mass is 494 g/mol. The molecule has 8 heteroatoms. The Hall–Kier alpha value is -2.02. The van der Waals surface area contributed by atoms with Crippen molar-refractivity contribution in [2.45, 2.75) is 26.4 Å². The second kappa shape index (κ2) is 7.35. The Labute approximate surface area is 186 Å². The lowest BCUT2D eigenvalue weighted by Gasteiger charge is -2.34. The lowest BCUT2D eigenvalue weighted by Crippen LogP contribution is -2.31. The van der Waals surface area contributed by atoms with Crippen LogP contribution in [-0.4, -0.2) is 22.8 Å². The fourth-order valence-electron chi connectivity index (χ4n) is 3.57. The Kier molecular flexibility index (Phi) is 5.13. The van der Waals surface area contributed by atoms with Crippen LogP contribution in [0.1, 0.15) is 36.8 Å². The third-order valence-electron chi connectivity index (χ3n) is 4.74. The van der Waals surface area contributed by atoms with Gasteiger partial charge in [-0.25, -0.2) is 4.79 Å². The summed E-state index contributed by atoms with van der Waals surface area (Å²) in [7, 11) is 0. The lowest BCUT2D eigenvalue weighted by atomic mass is 9.87. The van der Waals surface area contributed by atoms with E-state index in [-0.39, 0.29) is 12.3 Å². The SMILES string of the molecule is CCOC(=O)c1n[nH]c2c1C(C)(C)Oc1c(-c3ccc(Cl)cc3Cl)cc(Br)cc1-2. The molecule has 2 aromatic carbocycles. The summed E-state index contributed by atoms with van der Waals surface area (Å²) in [6, 6.07) is 9.20. The third-order valence-corrected chi connectivity index (χ3v) is 5.74.